The summed E-state index contributed by atoms with van der Waals surface area (Å²) < 4.78 is 17.3. The summed E-state index contributed by atoms with van der Waals surface area (Å²) in [6.07, 6.45) is 3.67. The fourth-order valence-corrected chi connectivity index (χ4v) is 5.28. The Kier molecular flexibility index (Phi) is 9.07. The van der Waals surface area contributed by atoms with E-state index < -0.39 is 17.0 Å². The van der Waals surface area contributed by atoms with E-state index in [1.807, 2.05) is 37.8 Å². The number of likely N-dealkylation sites (tertiary alicyclic amines) is 1. The van der Waals surface area contributed by atoms with Crippen molar-refractivity contribution in [1.29, 1.82) is 0 Å². The molecule has 7 nitrogen and oxygen atoms in total. The van der Waals surface area contributed by atoms with Crippen molar-refractivity contribution in [3.8, 4) is 0 Å². The molecule has 1 aliphatic heterocycles. The Morgan fingerprint density at radius 1 is 1.23 bits per heavy atom. The summed E-state index contributed by atoms with van der Waals surface area (Å²) in [4.78, 5) is 19.2. The summed E-state index contributed by atoms with van der Waals surface area (Å²) >= 11 is -1.60. The van der Waals surface area contributed by atoms with Gasteiger partial charge in [0.25, 0.3) is 5.03 Å². The van der Waals surface area contributed by atoms with Crippen molar-refractivity contribution in [2.45, 2.75) is 76.5 Å². The molecule has 0 spiro atoms. The smallest absolute Gasteiger partial charge is 0.410 e. The van der Waals surface area contributed by atoms with Crippen molar-refractivity contribution in [2.75, 3.05) is 18.4 Å². The van der Waals surface area contributed by atoms with Crippen LogP contribution in [0.25, 0.3) is 0 Å². The Bertz CT molecular complexity index is 962. The van der Waals surface area contributed by atoms with Crippen LogP contribution >= 0.6 is 0 Å². The number of hydrogen-bond donors (Lipinski definition) is 2. The Hall–Kier alpha value is -2.29. The van der Waals surface area contributed by atoms with E-state index in [9.17, 15) is 9.35 Å². The van der Waals surface area contributed by atoms with E-state index in [1.54, 1.807) is 12.1 Å². The van der Waals surface area contributed by atoms with Gasteiger partial charge in [0.2, 0.25) is 0 Å². The van der Waals surface area contributed by atoms with Crippen LogP contribution in [-0.2, 0) is 22.5 Å². The lowest BCUT2D eigenvalue weighted by atomic mass is 9.81. The number of ether oxygens (including phenoxy) is 1. The van der Waals surface area contributed by atoms with Crippen LogP contribution in [0.3, 0.4) is 0 Å². The molecule has 1 aromatic carbocycles. The molecule has 3 unspecified atom stereocenters. The molecule has 0 bridgehead atoms. The minimum atomic E-state index is -1.60. The van der Waals surface area contributed by atoms with Crippen molar-refractivity contribution in [3.05, 3.63) is 54.1 Å². The molecule has 0 radical (unpaired) electrons. The number of rotatable bonds is 9. The number of aromatic nitrogens is 1. The molecular formula is C27H40N4O3S. The molecule has 3 rings (SSSR count). The summed E-state index contributed by atoms with van der Waals surface area (Å²) in [5, 5.41) is 9.21. The maximum Gasteiger partial charge on any atom is 0.410 e. The second kappa shape index (κ2) is 11.6. The van der Waals surface area contributed by atoms with Gasteiger partial charge in [-0.2, -0.15) is 4.98 Å². The summed E-state index contributed by atoms with van der Waals surface area (Å²) in [6.45, 7) is 11.4. The molecule has 192 valence electrons. The molecule has 1 aliphatic rings. The maximum absolute atomic E-state index is 13.0. The van der Waals surface area contributed by atoms with Gasteiger partial charge in [-0.3, -0.25) is 0 Å². The maximum atomic E-state index is 13.0. The Labute approximate surface area is 213 Å². The fraction of sp³-hybridized carbons (Fsp3) is 0.556. The molecule has 1 amide bonds. The highest BCUT2D eigenvalue weighted by Gasteiger charge is 2.45. The van der Waals surface area contributed by atoms with E-state index in [-0.39, 0.29) is 11.6 Å². The molecule has 3 atom stereocenters. The van der Waals surface area contributed by atoms with Gasteiger partial charge in [-0.05, 0) is 83.8 Å². The number of nitrogens with two attached hydrogens (primary N) is 1. The van der Waals surface area contributed by atoms with Crippen LogP contribution in [0, 0.1) is 11.8 Å². The van der Waals surface area contributed by atoms with Crippen LogP contribution in [0.1, 0.15) is 59.4 Å². The topological polar surface area (TPSA) is 104 Å². The molecule has 3 N–H and O–H groups in total. The zero-order chi connectivity index (χ0) is 25.6. The van der Waals surface area contributed by atoms with Gasteiger partial charge in [0.15, 0.2) is 0 Å². The van der Waals surface area contributed by atoms with Crippen molar-refractivity contribution >= 4 is 23.3 Å². The summed E-state index contributed by atoms with van der Waals surface area (Å²) in [5.74, 6) is 1.46. The Morgan fingerprint density at radius 3 is 2.60 bits per heavy atom. The van der Waals surface area contributed by atoms with Crippen molar-refractivity contribution < 1.29 is 14.1 Å². The van der Waals surface area contributed by atoms with Gasteiger partial charge < -0.3 is 19.5 Å². The Morgan fingerprint density at radius 2 is 1.94 bits per heavy atom. The second-order valence-electron chi connectivity index (χ2n) is 11.0. The first kappa shape index (κ1) is 27.3. The van der Waals surface area contributed by atoms with E-state index in [2.05, 4.69) is 48.4 Å². The largest absolute Gasteiger partial charge is 0.592 e. The first-order chi connectivity index (χ1) is 16.4. The van der Waals surface area contributed by atoms with Crippen LogP contribution in [-0.4, -0.2) is 44.8 Å². The minimum absolute atomic E-state index is 0.235. The third kappa shape index (κ3) is 8.12. The van der Waals surface area contributed by atoms with Gasteiger partial charge in [0.05, 0.1) is 11.4 Å². The van der Waals surface area contributed by atoms with Gasteiger partial charge in [0.1, 0.15) is 11.4 Å². The molecule has 0 saturated carbocycles. The SMILES string of the molecule is CC(C)(C)OC(=O)N1CC(C(CCNc2cccc([S+](N)[O-])n2)CCc2ccccc2)CC1(C)C. The monoisotopic (exact) mass is 500 g/mol. The number of amides is 1. The number of hydrogen-bond acceptors (Lipinski definition) is 6. The number of benzene rings is 1. The van der Waals surface area contributed by atoms with E-state index >= 15 is 0 Å². The highest BCUT2D eigenvalue weighted by atomic mass is 32.2. The second-order valence-corrected chi connectivity index (χ2v) is 12.0. The van der Waals surface area contributed by atoms with E-state index in [0.717, 1.165) is 32.2 Å². The Balaban J connectivity index is 1.69. The number of nitrogens with zero attached hydrogens (tertiary/aromatic N) is 2. The zero-order valence-corrected chi connectivity index (χ0v) is 22.4. The standard InChI is InChI=1S/C27H40N4O3S/c1-26(2,3)34-25(32)31-19-22(18-27(31,4)5)21(15-14-20-10-7-6-8-11-20)16-17-29-23-12-9-13-24(30-23)35(28)33/h6-13,21-22H,14-19,28H2,1-5H3,(H,29,30). The molecule has 1 fully saturated rings. The highest BCUT2D eigenvalue weighted by molar-refractivity contribution is 7.89. The lowest BCUT2D eigenvalue weighted by Gasteiger charge is -2.33. The average Bonchev–Trinajstić information content (AvgIpc) is 3.11. The first-order valence-corrected chi connectivity index (χ1v) is 13.6. The third-order valence-corrected chi connectivity index (χ3v) is 7.23. The minimum Gasteiger partial charge on any atom is -0.592 e. The fourth-order valence-electron chi connectivity index (χ4n) is 4.88. The third-order valence-electron chi connectivity index (χ3n) is 6.59. The number of aryl methyl sites for hydroxylation is 1. The molecule has 2 heterocycles. The lowest BCUT2D eigenvalue weighted by molar-refractivity contribution is 0.0129. The number of pyridine rings is 1. The normalized spacial score (nSPS) is 19.3. The van der Waals surface area contributed by atoms with E-state index in [0.29, 0.717) is 29.2 Å². The van der Waals surface area contributed by atoms with Crippen molar-refractivity contribution in [1.82, 2.24) is 9.88 Å². The van der Waals surface area contributed by atoms with E-state index in [1.165, 1.54) is 5.56 Å². The van der Waals surface area contributed by atoms with Crippen molar-refractivity contribution in [2.24, 2.45) is 17.0 Å². The molecule has 0 aliphatic carbocycles. The molecule has 1 saturated heterocycles. The first-order valence-electron chi connectivity index (χ1n) is 12.4. The highest BCUT2D eigenvalue weighted by Crippen LogP contribution is 2.40. The number of anilines is 1. The quantitative estimate of drug-likeness (QED) is 0.462. The molecular weight excluding hydrogens is 460 g/mol. The van der Waals surface area contributed by atoms with Crippen LogP contribution in [0.4, 0.5) is 10.6 Å². The van der Waals surface area contributed by atoms with Gasteiger partial charge in [-0.1, -0.05) is 36.4 Å². The number of carbonyl (C=O) groups excluding carboxylic acids is 1. The number of nitrogens with one attached hydrogen (secondary N) is 1. The average molecular weight is 501 g/mol. The van der Waals surface area contributed by atoms with Gasteiger partial charge >= 0.3 is 6.09 Å². The predicted molar refractivity (Wildman–Crippen MR) is 141 cm³/mol. The molecule has 35 heavy (non-hydrogen) atoms. The van der Waals surface area contributed by atoms with Crippen LogP contribution < -0.4 is 10.5 Å². The van der Waals surface area contributed by atoms with Crippen LogP contribution in [0.5, 0.6) is 0 Å². The number of carbonyl (C=O) groups is 1. The summed E-state index contributed by atoms with van der Waals surface area (Å²) in [6, 6.07) is 15.9. The lowest BCUT2D eigenvalue weighted by Crippen LogP contribution is -2.45. The zero-order valence-electron chi connectivity index (χ0n) is 21.6. The van der Waals surface area contributed by atoms with Gasteiger partial charge in [-0.25, -0.2) is 4.79 Å². The van der Waals surface area contributed by atoms with E-state index in [4.69, 9.17) is 9.88 Å². The van der Waals surface area contributed by atoms with Crippen molar-refractivity contribution in [3.63, 3.8) is 0 Å². The molecule has 8 heteroatoms. The van der Waals surface area contributed by atoms with Crippen LogP contribution in [0.15, 0.2) is 53.6 Å². The molecule has 2 aromatic rings. The summed E-state index contributed by atoms with van der Waals surface area (Å²) in [7, 11) is 0. The predicted octanol–water partition coefficient (Wildman–Crippen LogP) is 5.15. The summed E-state index contributed by atoms with van der Waals surface area (Å²) in [5.41, 5.74) is 0.551. The van der Waals surface area contributed by atoms with Gasteiger partial charge in [-0.15, -0.1) is 5.14 Å². The van der Waals surface area contributed by atoms with Crippen LogP contribution in [0.2, 0.25) is 0 Å². The van der Waals surface area contributed by atoms with Gasteiger partial charge in [0, 0.05) is 24.7 Å². The molecule has 1 aromatic heterocycles.